The number of pyridine rings is 2. The summed E-state index contributed by atoms with van der Waals surface area (Å²) in [7, 11) is 0. The summed E-state index contributed by atoms with van der Waals surface area (Å²) < 4.78 is 68.2. The van der Waals surface area contributed by atoms with Crippen molar-refractivity contribution in [3.05, 3.63) is 171 Å². The van der Waals surface area contributed by atoms with E-state index < -0.39 is 45.6 Å². The fourth-order valence-electron chi connectivity index (χ4n) is 8.82. The molecule has 1 aliphatic carbocycles. The van der Waals surface area contributed by atoms with Gasteiger partial charge in [-0.3, -0.25) is 0 Å². The fourth-order valence-corrected chi connectivity index (χ4v) is 8.82. The predicted molar refractivity (Wildman–Crippen MR) is 157 cm³/mol. The lowest BCUT2D eigenvalue weighted by atomic mass is 9.69. The SMILES string of the molecule is [C-]#[N+]c1c(F)cc2c(c1F)-c1cccc3[n+]1C21c2cc(F)c(C#N)c(F)c2-c2cccc([n+]21)C31c2ccccc2-c2ccccc21. The molecule has 2 spiro atoms. The van der Waals surface area contributed by atoms with Gasteiger partial charge in [0.15, 0.2) is 11.2 Å². The Kier molecular flexibility index (Phi) is 4.35. The predicted octanol–water partition coefficient (Wildman–Crippen LogP) is 7.18. The molecule has 0 radical (unpaired) electrons. The first-order valence-electron chi connectivity index (χ1n) is 14.6. The van der Waals surface area contributed by atoms with E-state index in [4.69, 9.17) is 6.57 Å². The third kappa shape index (κ3) is 2.36. The number of aromatic nitrogens is 2. The minimum atomic E-state index is -1.68. The molecule has 46 heavy (non-hydrogen) atoms. The Morgan fingerprint density at radius 2 is 1.15 bits per heavy atom. The van der Waals surface area contributed by atoms with Crippen LogP contribution in [0.3, 0.4) is 0 Å². The first-order chi connectivity index (χ1) is 22.4. The molecule has 0 saturated carbocycles. The zero-order chi connectivity index (χ0) is 31.3. The van der Waals surface area contributed by atoms with E-state index in [-0.39, 0.29) is 22.3 Å². The van der Waals surface area contributed by atoms with E-state index in [2.05, 4.69) is 4.85 Å². The summed E-state index contributed by atoms with van der Waals surface area (Å²) in [6, 6.07) is 30.7. The van der Waals surface area contributed by atoms with Crippen LogP contribution in [0, 0.1) is 41.2 Å². The number of hydrogen-bond donors (Lipinski definition) is 0. The van der Waals surface area contributed by atoms with Crippen LogP contribution in [0.25, 0.3) is 38.5 Å². The maximum absolute atomic E-state index is 16.5. The van der Waals surface area contributed by atoms with E-state index in [1.54, 1.807) is 30.3 Å². The standard InChI is InChI=1S/C38H16F4N4/c1-44-36-27(40)17-25-33(35(36)42)29-13-7-15-31-37(22-10-4-2-8-19(22)20-9-3-5-11-23(20)37)30-14-6-12-28-32-24(38(25,45(28)30)46(29)31)16-26(39)21(18-43)34(32)41/h2-17H/q+2. The average Bonchev–Trinajstić information content (AvgIpc) is 3.65. The average molecular weight is 605 g/mol. The summed E-state index contributed by atoms with van der Waals surface area (Å²) in [6.07, 6.45) is 0. The molecule has 2 aromatic heterocycles. The second-order valence-corrected chi connectivity index (χ2v) is 11.9. The summed E-state index contributed by atoms with van der Waals surface area (Å²) in [4.78, 5) is 3.17. The molecule has 4 nitrogen and oxygen atoms in total. The first kappa shape index (κ1) is 25.2. The van der Waals surface area contributed by atoms with Gasteiger partial charge in [-0.1, -0.05) is 48.5 Å². The van der Waals surface area contributed by atoms with Crippen molar-refractivity contribution in [2.75, 3.05) is 0 Å². The Bertz CT molecular complexity index is 2400. The van der Waals surface area contributed by atoms with Crippen LogP contribution in [0.5, 0.6) is 0 Å². The summed E-state index contributed by atoms with van der Waals surface area (Å²) in [5, 5.41) is 9.76. The molecule has 1 atom stereocenters. The van der Waals surface area contributed by atoms with E-state index in [0.29, 0.717) is 22.8 Å². The first-order valence-corrected chi connectivity index (χ1v) is 14.6. The highest BCUT2D eigenvalue weighted by atomic mass is 19.1. The molecular formula is C38H16F4N4+2. The maximum atomic E-state index is 16.5. The quantitative estimate of drug-likeness (QED) is 0.103. The minimum Gasteiger partial charge on any atom is -0.232 e. The molecule has 8 heteroatoms. The minimum absolute atomic E-state index is 0.0165. The largest absolute Gasteiger partial charge is 0.418 e. The Labute approximate surface area is 259 Å². The van der Waals surface area contributed by atoms with Gasteiger partial charge in [-0.2, -0.15) is 5.26 Å². The second kappa shape index (κ2) is 7.93. The molecule has 214 valence electrons. The van der Waals surface area contributed by atoms with Crippen molar-refractivity contribution in [2.24, 2.45) is 0 Å². The smallest absolute Gasteiger partial charge is 0.232 e. The molecular weight excluding hydrogens is 588 g/mol. The van der Waals surface area contributed by atoms with Crippen molar-refractivity contribution in [3.8, 4) is 39.7 Å². The lowest BCUT2D eigenvalue weighted by molar-refractivity contribution is -0.971. The molecule has 6 aromatic rings. The highest BCUT2D eigenvalue weighted by Gasteiger charge is 2.77. The van der Waals surface area contributed by atoms with Gasteiger partial charge in [-0.25, -0.2) is 22.4 Å². The van der Waals surface area contributed by atoms with Crippen LogP contribution in [0.1, 0.15) is 39.2 Å². The Hall–Kier alpha value is -6.12. The Balaban J connectivity index is 1.53. The van der Waals surface area contributed by atoms with E-state index in [0.717, 1.165) is 34.4 Å². The zero-order valence-corrected chi connectivity index (χ0v) is 23.5. The molecule has 0 bridgehead atoms. The monoisotopic (exact) mass is 604 g/mol. The lowest BCUT2D eigenvalue weighted by Crippen LogP contribution is -2.79. The van der Waals surface area contributed by atoms with E-state index in [1.165, 1.54) is 0 Å². The van der Waals surface area contributed by atoms with Crippen molar-refractivity contribution in [1.29, 1.82) is 5.26 Å². The van der Waals surface area contributed by atoms with Crippen molar-refractivity contribution in [3.63, 3.8) is 0 Å². The van der Waals surface area contributed by atoms with E-state index in [9.17, 15) is 5.26 Å². The van der Waals surface area contributed by atoms with Crippen LogP contribution >= 0.6 is 0 Å². The van der Waals surface area contributed by atoms with Gasteiger partial charge in [0.25, 0.3) is 5.69 Å². The third-order valence-corrected chi connectivity index (χ3v) is 10.2. The van der Waals surface area contributed by atoms with Crippen LogP contribution in [-0.2, 0) is 11.1 Å². The molecule has 0 fully saturated rings. The summed E-state index contributed by atoms with van der Waals surface area (Å²) in [5.74, 6) is -4.24. The normalized spacial score (nSPS) is 17.3. The Morgan fingerprint density at radius 1 is 0.630 bits per heavy atom. The molecule has 0 N–H and O–H groups in total. The number of halogens is 4. The van der Waals surface area contributed by atoms with Gasteiger partial charge in [0, 0.05) is 24.3 Å². The zero-order valence-electron chi connectivity index (χ0n) is 23.5. The third-order valence-electron chi connectivity index (χ3n) is 10.2. The van der Waals surface area contributed by atoms with Crippen molar-refractivity contribution in [2.45, 2.75) is 11.1 Å². The van der Waals surface area contributed by atoms with Gasteiger partial charge in [-0.15, -0.1) is 9.13 Å². The summed E-state index contributed by atoms with van der Waals surface area (Å²) in [5.41, 5.74) is 1.87. The van der Waals surface area contributed by atoms with Gasteiger partial charge in [0.2, 0.25) is 22.8 Å². The molecule has 4 aliphatic rings. The van der Waals surface area contributed by atoms with Crippen molar-refractivity contribution in [1.82, 2.24) is 0 Å². The van der Waals surface area contributed by atoms with Gasteiger partial charge in [0.05, 0.1) is 12.1 Å². The number of hydrogen-bond acceptors (Lipinski definition) is 1. The van der Waals surface area contributed by atoms with E-state index >= 15 is 17.6 Å². The fraction of sp³-hybridized carbons (Fsp3) is 0.0526. The molecule has 0 saturated heterocycles. The highest BCUT2D eigenvalue weighted by molar-refractivity contribution is 5.86. The number of nitrogens with zero attached hydrogens (tertiary/aromatic N) is 4. The lowest BCUT2D eigenvalue weighted by Gasteiger charge is -2.35. The molecule has 5 heterocycles. The highest BCUT2D eigenvalue weighted by Crippen LogP contribution is 2.60. The van der Waals surface area contributed by atoms with Gasteiger partial charge < -0.3 is 0 Å². The molecule has 1 unspecified atom stereocenters. The van der Waals surface area contributed by atoms with Crippen molar-refractivity contribution < 1.29 is 26.7 Å². The van der Waals surface area contributed by atoms with Crippen LogP contribution in [0.15, 0.2) is 97.1 Å². The number of fused-ring (bicyclic) bond motifs is 11. The van der Waals surface area contributed by atoms with Crippen LogP contribution in [0.4, 0.5) is 23.2 Å². The molecule has 10 rings (SSSR count). The Morgan fingerprint density at radius 3 is 1.70 bits per heavy atom. The molecule has 3 aliphatic heterocycles. The van der Waals surface area contributed by atoms with Crippen LogP contribution in [-0.4, -0.2) is 0 Å². The van der Waals surface area contributed by atoms with Crippen molar-refractivity contribution >= 4 is 5.69 Å². The van der Waals surface area contributed by atoms with E-state index in [1.807, 2.05) is 69.8 Å². The van der Waals surface area contributed by atoms with Crippen LogP contribution in [0.2, 0.25) is 0 Å². The molecule has 0 amide bonds. The van der Waals surface area contributed by atoms with Gasteiger partial charge in [0.1, 0.15) is 45.8 Å². The van der Waals surface area contributed by atoms with Gasteiger partial charge in [-0.05, 0) is 46.5 Å². The molecule has 4 aromatic carbocycles. The topological polar surface area (TPSA) is 35.9 Å². The summed E-state index contributed by atoms with van der Waals surface area (Å²) in [6.45, 7) is 7.56. The second-order valence-electron chi connectivity index (χ2n) is 11.9. The summed E-state index contributed by atoms with van der Waals surface area (Å²) >= 11 is 0. The number of benzene rings is 4. The number of rotatable bonds is 0. The van der Waals surface area contributed by atoms with Gasteiger partial charge >= 0.3 is 5.66 Å². The maximum Gasteiger partial charge on any atom is 0.418 e. The number of nitriles is 1. The van der Waals surface area contributed by atoms with Crippen LogP contribution < -0.4 is 9.13 Å².